The number of carbonyl (C=O) groups is 2. The quantitative estimate of drug-likeness (QED) is 0.763. The lowest BCUT2D eigenvalue weighted by Gasteiger charge is -2.10. The number of rotatable bonds is 5. The normalized spacial score (nSPS) is 11.4. The van der Waals surface area contributed by atoms with Crippen molar-refractivity contribution in [2.24, 2.45) is 0 Å². The Kier molecular flexibility index (Phi) is 5.29. The molecule has 0 saturated heterocycles. The van der Waals surface area contributed by atoms with E-state index in [2.05, 4.69) is 15.9 Å². The second-order valence-electron chi connectivity index (χ2n) is 4.22. The lowest BCUT2D eigenvalue weighted by molar-refractivity contribution is -0.137. The molecule has 0 unspecified atom stereocenters. The van der Waals surface area contributed by atoms with Crippen LogP contribution in [-0.4, -0.2) is 11.6 Å². The molecule has 0 N–H and O–H groups in total. The molecule has 2 nitrogen and oxygen atoms in total. The minimum absolute atomic E-state index is 0.0551. The maximum absolute atomic E-state index is 12.5. The third kappa shape index (κ3) is 5.14. The molecule has 104 valence electrons. The molecule has 0 spiro atoms. The highest BCUT2D eigenvalue weighted by Gasteiger charge is 2.30. The van der Waals surface area contributed by atoms with Gasteiger partial charge in [-0.15, -0.1) is 0 Å². The Morgan fingerprint density at radius 1 is 1.26 bits per heavy atom. The fourth-order valence-corrected chi connectivity index (χ4v) is 2.03. The van der Waals surface area contributed by atoms with Gasteiger partial charge in [-0.05, 0) is 37.1 Å². The minimum Gasteiger partial charge on any atom is -0.300 e. The molecule has 0 aliphatic carbocycles. The van der Waals surface area contributed by atoms with Crippen molar-refractivity contribution < 1.29 is 22.8 Å². The van der Waals surface area contributed by atoms with Gasteiger partial charge in [-0.25, -0.2) is 0 Å². The van der Waals surface area contributed by atoms with Gasteiger partial charge < -0.3 is 0 Å². The summed E-state index contributed by atoms with van der Waals surface area (Å²) in [5, 5.41) is 0. The van der Waals surface area contributed by atoms with Crippen LogP contribution in [0.4, 0.5) is 13.2 Å². The Hall–Kier alpha value is -1.17. The van der Waals surface area contributed by atoms with Crippen molar-refractivity contribution in [2.45, 2.75) is 32.4 Å². The largest absolute Gasteiger partial charge is 0.416 e. The van der Waals surface area contributed by atoms with Crippen molar-refractivity contribution in [3.05, 3.63) is 33.8 Å². The van der Waals surface area contributed by atoms with Gasteiger partial charge in [0.1, 0.15) is 11.6 Å². The number of benzene rings is 1. The summed E-state index contributed by atoms with van der Waals surface area (Å²) in [5.74, 6) is -0.509. The van der Waals surface area contributed by atoms with E-state index in [1.54, 1.807) is 0 Å². The molecule has 0 aliphatic rings. The topological polar surface area (TPSA) is 34.1 Å². The number of ketones is 2. The van der Waals surface area contributed by atoms with Gasteiger partial charge in [-0.3, -0.25) is 9.59 Å². The second-order valence-corrected chi connectivity index (χ2v) is 5.08. The van der Waals surface area contributed by atoms with E-state index in [-0.39, 0.29) is 30.8 Å². The number of hydrogen-bond acceptors (Lipinski definition) is 2. The van der Waals surface area contributed by atoms with Gasteiger partial charge >= 0.3 is 6.18 Å². The van der Waals surface area contributed by atoms with Crippen LogP contribution in [0, 0.1) is 0 Å². The Balaban J connectivity index is 2.78. The zero-order valence-corrected chi connectivity index (χ0v) is 11.8. The van der Waals surface area contributed by atoms with Gasteiger partial charge in [0.05, 0.1) is 12.0 Å². The van der Waals surface area contributed by atoms with Crippen molar-refractivity contribution in [1.29, 1.82) is 0 Å². The van der Waals surface area contributed by atoms with E-state index < -0.39 is 11.7 Å². The summed E-state index contributed by atoms with van der Waals surface area (Å²) >= 11 is 3.15. The number of aryl methyl sites for hydroxylation is 1. The molecule has 1 rings (SSSR count). The zero-order chi connectivity index (χ0) is 14.6. The maximum Gasteiger partial charge on any atom is 0.416 e. The van der Waals surface area contributed by atoms with Gasteiger partial charge in [0.25, 0.3) is 0 Å². The molecule has 19 heavy (non-hydrogen) atoms. The van der Waals surface area contributed by atoms with E-state index in [4.69, 9.17) is 0 Å². The van der Waals surface area contributed by atoms with Crippen molar-refractivity contribution in [2.75, 3.05) is 0 Å². The van der Waals surface area contributed by atoms with Gasteiger partial charge in [-0.2, -0.15) is 13.2 Å². The Morgan fingerprint density at radius 2 is 1.89 bits per heavy atom. The van der Waals surface area contributed by atoms with Crippen LogP contribution in [0.5, 0.6) is 0 Å². The highest BCUT2D eigenvalue weighted by Crippen LogP contribution is 2.32. The summed E-state index contributed by atoms with van der Waals surface area (Å²) in [6.07, 6.45) is -4.34. The number of hydrogen-bond donors (Lipinski definition) is 0. The lowest BCUT2D eigenvalue weighted by atomic mass is 10.0. The number of halogens is 4. The highest BCUT2D eigenvalue weighted by molar-refractivity contribution is 9.10. The molecule has 0 saturated carbocycles. The first-order valence-electron chi connectivity index (χ1n) is 5.57. The summed E-state index contributed by atoms with van der Waals surface area (Å²) < 4.78 is 38.2. The molecule has 6 heteroatoms. The molecular weight excluding hydrogens is 325 g/mol. The van der Waals surface area contributed by atoms with Gasteiger partial charge in [0.15, 0.2) is 0 Å². The average molecular weight is 337 g/mol. The molecule has 0 radical (unpaired) electrons. The van der Waals surface area contributed by atoms with Gasteiger partial charge in [0.2, 0.25) is 0 Å². The van der Waals surface area contributed by atoms with E-state index in [1.807, 2.05) is 0 Å². The highest BCUT2D eigenvalue weighted by atomic mass is 79.9. The third-order valence-corrected chi connectivity index (χ3v) is 3.27. The predicted molar refractivity (Wildman–Crippen MR) is 67.8 cm³/mol. The Labute approximate surface area is 117 Å². The third-order valence-electron chi connectivity index (χ3n) is 2.49. The molecule has 0 amide bonds. The molecule has 0 aromatic heterocycles. The molecule has 1 aromatic carbocycles. The van der Waals surface area contributed by atoms with Crippen molar-refractivity contribution >= 4 is 27.5 Å². The Morgan fingerprint density at radius 3 is 2.42 bits per heavy atom. The summed E-state index contributed by atoms with van der Waals surface area (Å²) in [5.41, 5.74) is -0.337. The minimum atomic E-state index is -4.40. The van der Waals surface area contributed by atoms with E-state index in [0.717, 1.165) is 12.1 Å². The first-order chi connectivity index (χ1) is 8.70. The van der Waals surface area contributed by atoms with Crippen LogP contribution >= 0.6 is 15.9 Å². The van der Waals surface area contributed by atoms with Crippen LogP contribution in [0.15, 0.2) is 22.7 Å². The maximum atomic E-state index is 12.5. The van der Waals surface area contributed by atoms with Crippen molar-refractivity contribution in [3.8, 4) is 0 Å². The standard InChI is InChI=1S/C13H12BrF3O2/c1-8(18)6-11(19)4-2-9-7-10(13(15,16)17)3-5-12(9)14/h3,5,7H,2,4,6H2,1H3. The van der Waals surface area contributed by atoms with E-state index >= 15 is 0 Å². The molecule has 1 aromatic rings. The number of Topliss-reactive ketones (excluding diaryl/α,β-unsaturated/α-hetero) is 2. The average Bonchev–Trinajstić information content (AvgIpc) is 2.25. The van der Waals surface area contributed by atoms with Crippen molar-refractivity contribution in [3.63, 3.8) is 0 Å². The summed E-state index contributed by atoms with van der Waals surface area (Å²) in [6.45, 7) is 1.30. The SMILES string of the molecule is CC(=O)CC(=O)CCc1cc(C(F)(F)F)ccc1Br. The molecule has 0 fully saturated rings. The number of carbonyl (C=O) groups excluding carboxylic acids is 2. The fraction of sp³-hybridized carbons (Fsp3) is 0.385. The van der Waals surface area contributed by atoms with Gasteiger partial charge in [0, 0.05) is 10.9 Å². The van der Waals surface area contributed by atoms with Crippen LogP contribution in [-0.2, 0) is 22.2 Å². The lowest BCUT2D eigenvalue weighted by Crippen LogP contribution is -2.08. The van der Waals surface area contributed by atoms with Crippen LogP contribution in [0.25, 0.3) is 0 Å². The number of alkyl halides is 3. The van der Waals surface area contributed by atoms with E-state index in [0.29, 0.717) is 10.0 Å². The zero-order valence-electron chi connectivity index (χ0n) is 10.2. The van der Waals surface area contributed by atoms with E-state index in [1.165, 1.54) is 13.0 Å². The van der Waals surface area contributed by atoms with E-state index in [9.17, 15) is 22.8 Å². The van der Waals surface area contributed by atoms with Crippen LogP contribution in [0.2, 0.25) is 0 Å². The van der Waals surface area contributed by atoms with Crippen molar-refractivity contribution in [1.82, 2.24) is 0 Å². The molecule has 0 aliphatic heterocycles. The first-order valence-corrected chi connectivity index (χ1v) is 6.36. The summed E-state index contributed by atoms with van der Waals surface area (Å²) in [6, 6.07) is 3.31. The van der Waals surface area contributed by atoms with Crippen LogP contribution < -0.4 is 0 Å². The summed E-state index contributed by atoms with van der Waals surface area (Å²) in [7, 11) is 0. The monoisotopic (exact) mass is 336 g/mol. The smallest absolute Gasteiger partial charge is 0.300 e. The molecule has 0 atom stereocenters. The summed E-state index contributed by atoms with van der Waals surface area (Å²) in [4.78, 5) is 22.1. The second kappa shape index (κ2) is 6.32. The molecule has 0 bridgehead atoms. The first kappa shape index (κ1) is 15.9. The van der Waals surface area contributed by atoms with Crippen LogP contribution in [0.1, 0.15) is 30.9 Å². The predicted octanol–water partition coefficient (Wildman–Crippen LogP) is 3.95. The molecule has 0 heterocycles. The van der Waals surface area contributed by atoms with Crippen LogP contribution in [0.3, 0.4) is 0 Å². The molecular formula is C13H12BrF3O2. The fourth-order valence-electron chi connectivity index (χ4n) is 1.58. The van der Waals surface area contributed by atoms with Gasteiger partial charge in [-0.1, -0.05) is 15.9 Å². The Bertz CT molecular complexity index is 495.